The minimum absolute atomic E-state index is 0.302. The van der Waals surface area contributed by atoms with E-state index in [-0.39, 0.29) is 11.9 Å². The molecule has 1 heterocycles. The number of nitrogens with two attached hydrogens (primary N) is 1. The van der Waals surface area contributed by atoms with Crippen molar-refractivity contribution in [1.82, 2.24) is 5.32 Å². The van der Waals surface area contributed by atoms with Gasteiger partial charge in [0.25, 0.3) is 5.91 Å². The standard InChI is InChI=1S/C16H23N3O2/c17-16(21)18-15(20)14(13-9-5-4-6-10-13)19-11-7-2-1-3-8-12-19/h4-6,9-10,14H,1-3,7-8,11-12H2,(H3,17,18,20,21)/p+1/t14-/m1/s1. The van der Waals surface area contributed by atoms with Gasteiger partial charge < -0.3 is 10.6 Å². The van der Waals surface area contributed by atoms with Crippen LogP contribution in [0.15, 0.2) is 30.3 Å². The minimum Gasteiger partial charge on any atom is -0.351 e. The fourth-order valence-corrected chi connectivity index (χ4v) is 3.06. The van der Waals surface area contributed by atoms with E-state index in [1.807, 2.05) is 30.3 Å². The third kappa shape index (κ3) is 4.56. The lowest BCUT2D eigenvalue weighted by Crippen LogP contribution is -3.13. The number of benzene rings is 1. The highest BCUT2D eigenvalue weighted by Crippen LogP contribution is 2.12. The minimum atomic E-state index is -0.785. The summed E-state index contributed by atoms with van der Waals surface area (Å²) in [4.78, 5) is 24.7. The van der Waals surface area contributed by atoms with Crippen molar-refractivity contribution in [2.75, 3.05) is 13.1 Å². The van der Waals surface area contributed by atoms with E-state index >= 15 is 0 Å². The Kier molecular flexibility index (Phi) is 5.75. The number of nitrogens with one attached hydrogen (secondary N) is 2. The second-order valence-corrected chi connectivity index (χ2v) is 5.62. The highest BCUT2D eigenvalue weighted by atomic mass is 16.2. The third-order valence-corrected chi connectivity index (χ3v) is 4.05. The number of carbonyl (C=O) groups excluding carboxylic acids is 2. The number of primary amides is 1. The van der Waals surface area contributed by atoms with Gasteiger partial charge in [0.1, 0.15) is 0 Å². The predicted octanol–water partition coefficient (Wildman–Crippen LogP) is 0.772. The molecule has 0 aliphatic carbocycles. The number of imide groups is 1. The molecule has 4 N–H and O–H groups in total. The van der Waals surface area contributed by atoms with Crippen LogP contribution in [0.5, 0.6) is 0 Å². The molecule has 1 saturated heterocycles. The maximum Gasteiger partial charge on any atom is 0.319 e. The van der Waals surface area contributed by atoms with Gasteiger partial charge in [-0.1, -0.05) is 36.8 Å². The van der Waals surface area contributed by atoms with Crippen molar-refractivity contribution >= 4 is 11.9 Å². The van der Waals surface area contributed by atoms with E-state index in [0.29, 0.717) is 0 Å². The molecule has 2 rings (SSSR count). The zero-order valence-corrected chi connectivity index (χ0v) is 12.3. The average Bonchev–Trinajstić information content (AvgIpc) is 2.41. The zero-order chi connectivity index (χ0) is 15.1. The molecule has 1 aliphatic rings. The summed E-state index contributed by atoms with van der Waals surface area (Å²) in [5.41, 5.74) is 6.05. The fourth-order valence-electron chi connectivity index (χ4n) is 3.06. The Morgan fingerprint density at radius 1 is 1.00 bits per heavy atom. The van der Waals surface area contributed by atoms with Crippen molar-refractivity contribution in [3.05, 3.63) is 35.9 Å². The Balaban J connectivity index is 2.21. The molecule has 1 aliphatic heterocycles. The number of hydrogen-bond acceptors (Lipinski definition) is 2. The molecule has 0 radical (unpaired) electrons. The molecule has 1 aromatic carbocycles. The van der Waals surface area contributed by atoms with Crippen LogP contribution in [0.1, 0.15) is 43.7 Å². The monoisotopic (exact) mass is 290 g/mol. The molecule has 0 spiro atoms. The van der Waals surface area contributed by atoms with E-state index in [4.69, 9.17) is 5.73 Å². The fraction of sp³-hybridized carbons (Fsp3) is 0.500. The average molecular weight is 290 g/mol. The van der Waals surface area contributed by atoms with Crippen molar-refractivity contribution in [3.8, 4) is 0 Å². The predicted molar refractivity (Wildman–Crippen MR) is 80.7 cm³/mol. The summed E-state index contributed by atoms with van der Waals surface area (Å²) in [6, 6.07) is 8.50. The van der Waals surface area contributed by atoms with Crippen molar-refractivity contribution in [2.24, 2.45) is 5.73 Å². The Bertz CT molecular complexity index is 468. The maximum absolute atomic E-state index is 12.4. The van der Waals surface area contributed by atoms with Gasteiger partial charge in [-0.15, -0.1) is 0 Å². The van der Waals surface area contributed by atoms with Gasteiger partial charge in [0.15, 0.2) is 6.04 Å². The van der Waals surface area contributed by atoms with Crippen LogP contribution in [0.3, 0.4) is 0 Å². The summed E-state index contributed by atoms with van der Waals surface area (Å²) < 4.78 is 0. The van der Waals surface area contributed by atoms with E-state index in [1.165, 1.54) is 24.2 Å². The molecular weight excluding hydrogens is 266 g/mol. The maximum atomic E-state index is 12.4. The lowest BCUT2D eigenvalue weighted by molar-refractivity contribution is -0.923. The molecule has 0 aromatic heterocycles. The summed E-state index contributed by atoms with van der Waals surface area (Å²) in [7, 11) is 0. The van der Waals surface area contributed by atoms with Gasteiger partial charge in [-0.25, -0.2) is 4.79 Å². The first-order valence-corrected chi connectivity index (χ1v) is 7.68. The van der Waals surface area contributed by atoms with Crippen LogP contribution >= 0.6 is 0 Å². The molecule has 114 valence electrons. The highest BCUT2D eigenvalue weighted by Gasteiger charge is 2.32. The molecule has 0 bridgehead atoms. The first-order valence-electron chi connectivity index (χ1n) is 7.68. The molecule has 1 atom stereocenters. The quantitative estimate of drug-likeness (QED) is 0.769. The second-order valence-electron chi connectivity index (χ2n) is 5.62. The number of urea groups is 1. The molecule has 21 heavy (non-hydrogen) atoms. The van der Waals surface area contributed by atoms with Crippen LogP contribution in [0, 0.1) is 0 Å². The van der Waals surface area contributed by atoms with Crippen molar-refractivity contribution in [1.29, 1.82) is 0 Å². The number of carbonyl (C=O) groups is 2. The topological polar surface area (TPSA) is 76.6 Å². The first-order chi connectivity index (χ1) is 10.2. The van der Waals surface area contributed by atoms with Gasteiger partial charge in [-0.3, -0.25) is 10.1 Å². The molecule has 3 amide bonds. The van der Waals surface area contributed by atoms with Crippen LogP contribution in [0.4, 0.5) is 4.79 Å². The Morgan fingerprint density at radius 3 is 2.14 bits per heavy atom. The zero-order valence-electron chi connectivity index (χ0n) is 12.3. The van der Waals surface area contributed by atoms with Crippen LogP contribution in [-0.2, 0) is 4.79 Å². The Morgan fingerprint density at radius 2 is 1.57 bits per heavy atom. The summed E-state index contributed by atoms with van der Waals surface area (Å²) in [6.07, 6.45) is 5.92. The normalized spacial score (nSPS) is 18.3. The van der Waals surface area contributed by atoms with Gasteiger partial charge in [0.2, 0.25) is 0 Å². The molecule has 1 fully saturated rings. The lowest BCUT2D eigenvalue weighted by Gasteiger charge is -2.29. The summed E-state index contributed by atoms with van der Waals surface area (Å²) >= 11 is 0. The number of amides is 3. The molecule has 0 saturated carbocycles. The van der Waals surface area contributed by atoms with Crippen molar-refractivity contribution in [3.63, 3.8) is 0 Å². The van der Waals surface area contributed by atoms with Crippen LogP contribution in [-0.4, -0.2) is 25.0 Å². The summed E-state index contributed by atoms with van der Waals surface area (Å²) in [5, 5.41) is 2.25. The van der Waals surface area contributed by atoms with Crippen LogP contribution in [0.25, 0.3) is 0 Å². The van der Waals surface area contributed by atoms with Crippen LogP contribution in [0.2, 0.25) is 0 Å². The van der Waals surface area contributed by atoms with Crippen molar-refractivity contribution in [2.45, 2.75) is 38.1 Å². The number of likely N-dealkylation sites (tertiary alicyclic amines) is 1. The van der Waals surface area contributed by atoms with Gasteiger partial charge >= 0.3 is 6.03 Å². The molecule has 0 unspecified atom stereocenters. The number of quaternary nitrogens is 1. The summed E-state index contributed by atoms with van der Waals surface area (Å²) in [6.45, 7) is 1.90. The molecule has 5 heteroatoms. The van der Waals surface area contributed by atoms with Gasteiger partial charge in [0.05, 0.1) is 13.1 Å². The summed E-state index contributed by atoms with van der Waals surface area (Å²) in [5.74, 6) is -0.302. The number of rotatable bonds is 3. The molecular formula is C16H24N3O2+. The number of hydrogen-bond donors (Lipinski definition) is 3. The van der Waals surface area contributed by atoms with E-state index in [1.54, 1.807) is 0 Å². The Hall–Kier alpha value is -1.88. The lowest BCUT2D eigenvalue weighted by atomic mass is 10.0. The van der Waals surface area contributed by atoms with E-state index in [2.05, 4.69) is 5.32 Å². The third-order valence-electron chi connectivity index (χ3n) is 4.05. The molecule has 5 nitrogen and oxygen atoms in total. The van der Waals surface area contributed by atoms with E-state index in [0.717, 1.165) is 31.5 Å². The van der Waals surface area contributed by atoms with Gasteiger partial charge in [0, 0.05) is 5.56 Å². The SMILES string of the molecule is NC(=O)NC(=O)[C@@H](c1ccccc1)[NH+]1CCCCCCC1. The van der Waals surface area contributed by atoms with Crippen LogP contribution < -0.4 is 16.0 Å². The largest absolute Gasteiger partial charge is 0.351 e. The van der Waals surface area contributed by atoms with Gasteiger partial charge in [-0.2, -0.15) is 0 Å². The second kappa shape index (κ2) is 7.78. The molecule has 1 aromatic rings. The highest BCUT2D eigenvalue weighted by molar-refractivity contribution is 5.96. The van der Waals surface area contributed by atoms with Crippen molar-refractivity contribution < 1.29 is 14.5 Å². The smallest absolute Gasteiger partial charge is 0.319 e. The van der Waals surface area contributed by atoms with Gasteiger partial charge in [-0.05, 0) is 25.7 Å². The first kappa shape index (κ1) is 15.5. The van der Waals surface area contributed by atoms with E-state index < -0.39 is 6.03 Å². The Labute approximate surface area is 125 Å². The van der Waals surface area contributed by atoms with E-state index in [9.17, 15) is 9.59 Å².